The first-order valence-corrected chi connectivity index (χ1v) is 9.22. The Balaban J connectivity index is 1.41. The molecular formula is C19H33N. The van der Waals surface area contributed by atoms with Crippen LogP contribution in [0.4, 0.5) is 0 Å². The van der Waals surface area contributed by atoms with Crippen LogP contribution in [0.25, 0.3) is 0 Å². The molecule has 4 bridgehead atoms. The van der Waals surface area contributed by atoms with Gasteiger partial charge in [-0.05, 0) is 86.5 Å². The van der Waals surface area contributed by atoms with Gasteiger partial charge in [0.1, 0.15) is 0 Å². The van der Waals surface area contributed by atoms with Crippen LogP contribution in [-0.4, -0.2) is 12.6 Å². The van der Waals surface area contributed by atoms with Gasteiger partial charge < -0.3 is 5.32 Å². The third-order valence-electron chi connectivity index (χ3n) is 7.19. The highest BCUT2D eigenvalue weighted by molar-refractivity contribution is 5.10. The molecule has 5 saturated carbocycles. The van der Waals surface area contributed by atoms with Crippen LogP contribution >= 0.6 is 0 Å². The first-order chi connectivity index (χ1) is 9.49. The van der Waals surface area contributed by atoms with E-state index in [1.807, 2.05) is 0 Å². The topological polar surface area (TPSA) is 12.0 Å². The monoisotopic (exact) mass is 275 g/mol. The number of rotatable bonds is 4. The lowest BCUT2D eigenvalue weighted by Gasteiger charge is -2.65. The molecule has 0 aromatic heterocycles. The number of hydrogen-bond donors (Lipinski definition) is 1. The van der Waals surface area contributed by atoms with Crippen molar-refractivity contribution in [2.24, 2.45) is 22.2 Å². The lowest BCUT2D eigenvalue weighted by atomic mass is 9.40. The van der Waals surface area contributed by atoms with Crippen molar-refractivity contribution < 1.29 is 0 Å². The van der Waals surface area contributed by atoms with E-state index >= 15 is 0 Å². The van der Waals surface area contributed by atoms with Crippen molar-refractivity contribution in [2.45, 2.75) is 90.5 Å². The normalized spacial score (nSPS) is 51.0. The summed E-state index contributed by atoms with van der Waals surface area (Å²) in [4.78, 5) is 0. The zero-order chi connectivity index (χ0) is 13.8. The van der Waals surface area contributed by atoms with Gasteiger partial charge >= 0.3 is 0 Å². The highest BCUT2D eigenvalue weighted by Gasteiger charge is 2.59. The third-order valence-corrected chi connectivity index (χ3v) is 7.19. The molecule has 1 N–H and O–H groups in total. The van der Waals surface area contributed by atoms with Crippen LogP contribution in [0.15, 0.2) is 0 Å². The SMILES string of the molecule is CC12CC3CC(C)(C1)CC(CCNC1CCCC1)(C3)C2. The summed E-state index contributed by atoms with van der Waals surface area (Å²) in [5.41, 5.74) is 2.11. The van der Waals surface area contributed by atoms with E-state index in [4.69, 9.17) is 0 Å². The molecule has 2 atom stereocenters. The van der Waals surface area contributed by atoms with Gasteiger partial charge in [0.05, 0.1) is 0 Å². The van der Waals surface area contributed by atoms with Crippen molar-refractivity contribution in [2.75, 3.05) is 6.54 Å². The number of hydrogen-bond acceptors (Lipinski definition) is 1. The Kier molecular flexibility index (Phi) is 3.05. The molecule has 0 aromatic rings. The van der Waals surface area contributed by atoms with E-state index in [-0.39, 0.29) is 0 Å². The van der Waals surface area contributed by atoms with Crippen molar-refractivity contribution in [1.29, 1.82) is 0 Å². The molecule has 0 spiro atoms. The summed E-state index contributed by atoms with van der Waals surface area (Å²) in [7, 11) is 0. The van der Waals surface area contributed by atoms with Crippen LogP contribution in [0, 0.1) is 22.2 Å². The fourth-order valence-corrected chi connectivity index (χ4v) is 7.63. The van der Waals surface area contributed by atoms with Gasteiger partial charge in [0.25, 0.3) is 0 Å². The first-order valence-electron chi connectivity index (χ1n) is 9.22. The van der Waals surface area contributed by atoms with Crippen LogP contribution in [0.2, 0.25) is 0 Å². The summed E-state index contributed by atoms with van der Waals surface area (Å²) in [5.74, 6) is 1.06. The molecule has 0 radical (unpaired) electrons. The molecule has 114 valence electrons. The lowest BCUT2D eigenvalue weighted by Crippen LogP contribution is -2.55. The molecule has 1 nitrogen and oxygen atoms in total. The van der Waals surface area contributed by atoms with Crippen LogP contribution < -0.4 is 5.32 Å². The zero-order valence-electron chi connectivity index (χ0n) is 13.6. The molecule has 5 aliphatic rings. The van der Waals surface area contributed by atoms with Crippen molar-refractivity contribution in [1.82, 2.24) is 5.32 Å². The van der Waals surface area contributed by atoms with Gasteiger partial charge in [0.15, 0.2) is 0 Å². The molecule has 5 aliphatic carbocycles. The molecular weight excluding hydrogens is 242 g/mol. The fraction of sp³-hybridized carbons (Fsp3) is 1.00. The van der Waals surface area contributed by atoms with Gasteiger partial charge in [-0.1, -0.05) is 26.7 Å². The van der Waals surface area contributed by atoms with Crippen molar-refractivity contribution in [3.8, 4) is 0 Å². The Morgan fingerprint density at radius 1 is 0.900 bits per heavy atom. The summed E-state index contributed by atoms with van der Waals surface area (Å²) >= 11 is 0. The standard InChI is InChI=1S/C19H33N/c1-17-9-15-10-18(2,12-17)14-19(11-15,13-17)7-8-20-16-5-3-4-6-16/h15-16,20H,3-14H2,1-2H3. The molecule has 5 rings (SSSR count). The minimum absolute atomic E-state index is 0.696. The van der Waals surface area contributed by atoms with Gasteiger partial charge in [-0.25, -0.2) is 0 Å². The summed E-state index contributed by atoms with van der Waals surface area (Å²) in [6, 6.07) is 0.857. The molecule has 1 heteroatoms. The highest BCUT2D eigenvalue weighted by atomic mass is 14.9. The molecule has 0 saturated heterocycles. The van der Waals surface area contributed by atoms with E-state index in [1.165, 1.54) is 45.1 Å². The summed E-state index contributed by atoms with van der Waals surface area (Å²) in [6.07, 6.45) is 16.5. The van der Waals surface area contributed by atoms with Crippen LogP contribution in [0.5, 0.6) is 0 Å². The van der Waals surface area contributed by atoms with E-state index in [1.54, 1.807) is 32.1 Å². The maximum Gasteiger partial charge on any atom is 0.00670 e. The molecule has 20 heavy (non-hydrogen) atoms. The molecule has 5 fully saturated rings. The highest BCUT2D eigenvalue weighted by Crippen LogP contribution is 2.70. The van der Waals surface area contributed by atoms with Gasteiger partial charge in [0.2, 0.25) is 0 Å². The Hall–Kier alpha value is -0.0400. The van der Waals surface area contributed by atoms with Crippen molar-refractivity contribution in [3.05, 3.63) is 0 Å². The fourth-order valence-electron chi connectivity index (χ4n) is 7.63. The Morgan fingerprint density at radius 2 is 1.55 bits per heavy atom. The summed E-state index contributed by atoms with van der Waals surface area (Å²) < 4.78 is 0. The maximum atomic E-state index is 3.88. The minimum atomic E-state index is 0.696. The van der Waals surface area contributed by atoms with Crippen molar-refractivity contribution in [3.63, 3.8) is 0 Å². The lowest BCUT2D eigenvalue weighted by molar-refractivity contribution is -0.147. The second-order valence-corrected chi connectivity index (χ2v) is 9.82. The number of nitrogens with one attached hydrogen (secondary N) is 1. The average molecular weight is 275 g/mol. The molecule has 0 heterocycles. The smallest absolute Gasteiger partial charge is 0.00670 e. The Labute approximate surface area is 125 Å². The van der Waals surface area contributed by atoms with Gasteiger partial charge in [-0.3, -0.25) is 0 Å². The first kappa shape index (κ1) is 13.6. The van der Waals surface area contributed by atoms with E-state index in [9.17, 15) is 0 Å². The maximum absolute atomic E-state index is 3.88. The quantitative estimate of drug-likeness (QED) is 0.769. The molecule has 0 aliphatic heterocycles. The van der Waals surface area contributed by atoms with Crippen LogP contribution in [0.1, 0.15) is 84.5 Å². The second-order valence-electron chi connectivity index (χ2n) is 9.82. The molecule has 0 aromatic carbocycles. The van der Waals surface area contributed by atoms with Crippen molar-refractivity contribution >= 4 is 0 Å². The zero-order valence-corrected chi connectivity index (χ0v) is 13.6. The molecule has 2 unspecified atom stereocenters. The van der Waals surface area contributed by atoms with E-state index in [0.29, 0.717) is 16.2 Å². The van der Waals surface area contributed by atoms with Gasteiger partial charge in [0, 0.05) is 6.04 Å². The van der Waals surface area contributed by atoms with E-state index in [0.717, 1.165) is 12.0 Å². The largest absolute Gasteiger partial charge is 0.314 e. The second kappa shape index (κ2) is 4.48. The predicted octanol–water partition coefficient (Wildman–Crippen LogP) is 4.91. The molecule has 0 amide bonds. The minimum Gasteiger partial charge on any atom is -0.314 e. The Morgan fingerprint density at radius 3 is 2.15 bits per heavy atom. The van der Waals surface area contributed by atoms with E-state index in [2.05, 4.69) is 19.2 Å². The van der Waals surface area contributed by atoms with Crippen LogP contribution in [-0.2, 0) is 0 Å². The average Bonchev–Trinajstić information content (AvgIpc) is 2.76. The van der Waals surface area contributed by atoms with Gasteiger partial charge in [-0.2, -0.15) is 0 Å². The van der Waals surface area contributed by atoms with Crippen LogP contribution in [0.3, 0.4) is 0 Å². The summed E-state index contributed by atoms with van der Waals surface area (Å²) in [5, 5.41) is 3.88. The third kappa shape index (κ3) is 2.34. The summed E-state index contributed by atoms with van der Waals surface area (Å²) in [6.45, 7) is 6.51. The predicted molar refractivity (Wildman–Crippen MR) is 84.7 cm³/mol. The van der Waals surface area contributed by atoms with Gasteiger partial charge in [-0.15, -0.1) is 0 Å². The Bertz CT molecular complexity index is 363. The van der Waals surface area contributed by atoms with E-state index < -0.39 is 0 Å².